The molecule has 2 fully saturated rings. The second-order valence-corrected chi connectivity index (χ2v) is 7.38. The number of amides is 3. The van der Waals surface area contributed by atoms with Crippen molar-refractivity contribution in [3.63, 3.8) is 0 Å². The van der Waals surface area contributed by atoms with E-state index in [1.54, 1.807) is 25.1 Å². The number of urea groups is 1. The Balaban J connectivity index is 1.75. The SMILES string of the molecule is CC1(c2ccc(Cl)cc2Cl)NC(=O)N(CCN2CCCCC2)C1=O. The van der Waals surface area contributed by atoms with Crippen molar-refractivity contribution >= 4 is 35.1 Å². The van der Waals surface area contributed by atoms with Crippen LogP contribution in [0.25, 0.3) is 0 Å². The minimum atomic E-state index is -1.15. The maximum atomic E-state index is 12.9. The van der Waals surface area contributed by atoms with E-state index in [1.807, 2.05) is 0 Å². The van der Waals surface area contributed by atoms with E-state index in [-0.39, 0.29) is 11.9 Å². The molecule has 3 amide bonds. The molecule has 2 saturated heterocycles. The van der Waals surface area contributed by atoms with Crippen molar-refractivity contribution in [1.82, 2.24) is 15.1 Å². The van der Waals surface area contributed by atoms with E-state index in [0.29, 0.717) is 28.7 Å². The summed E-state index contributed by atoms with van der Waals surface area (Å²) in [5, 5.41) is 3.65. The molecule has 0 saturated carbocycles. The molecule has 2 aliphatic heterocycles. The highest BCUT2D eigenvalue weighted by Crippen LogP contribution is 2.34. The Morgan fingerprint density at radius 1 is 1.12 bits per heavy atom. The van der Waals surface area contributed by atoms with Gasteiger partial charge in [-0.1, -0.05) is 35.7 Å². The number of imide groups is 1. The number of halogens is 2. The summed E-state index contributed by atoms with van der Waals surface area (Å²) >= 11 is 12.2. The van der Waals surface area contributed by atoms with Gasteiger partial charge in [0.1, 0.15) is 5.54 Å². The number of carbonyl (C=O) groups excluding carboxylic acids is 2. The van der Waals surface area contributed by atoms with Gasteiger partial charge in [0.25, 0.3) is 5.91 Å². The molecule has 2 heterocycles. The van der Waals surface area contributed by atoms with Crippen molar-refractivity contribution in [1.29, 1.82) is 0 Å². The lowest BCUT2D eigenvalue weighted by molar-refractivity contribution is -0.131. The number of piperidine rings is 1. The minimum Gasteiger partial charge on any atom is -0.319 e. The Morgan fingerprint density at radius 2 is 1.83 bits per heavy atom. The largest absolute Gasteiger partial charge is 0.325 e. The average Bonchev–Trinajstić information content (AvgIpc) is 2.76. The molecule has 1 unspecified atom stereocenters. The summed E-state index contributed by atoms with van der Waals surface area (Å²) < 4.78 is 0. The Morgan fingerprint density at radius 3 is 2.50 bits per heavy atom. The summed E-state index contributed by atoms with van der Waals surface area (Å²) in [5.74, 6) is -0.270. The van der Waals surface area contributed by atoms with E-state index < -0.39 is 5.54 Å². The van der Waals surface area contributed by atoms with Crippen molar-refractivity contribution in [2.75, 3.05) is 26.2 Å². The lowest BCUT2D eigenvalue weighted by Crippen LogP contribution is -2.43. The first kappa shape index (κ1) is 17.5. The number of rotatable bonds is 4. The first-order valence-electron chi connectivity index (χ1n) is 8.24. The highest BCUT2D eigenvalue weighted by atomic mass is 35.5. The van der Waals surface area contributed by atoms with Crippen LogP contribution in [0, 0.1) is 0 Å². The fraction of sp³-hybridized carbons (Fsp3) is 0.529. The number of nitrogens with one attached hydrogen (secondary N) is 1. The molecule has 130 valence electrons. The molecule has 2 aliphatic rings. The van der Waals surface area contributed by atoms with Crippen LogP contribution < -0.4 is 5.32 Å². The van der Waals surface area contributed by atoms with Crippen molar-refractivity contribution in [2.45, 2.75) is 31.7 Å². The average molecular weight is 370 g/mol. The van der Waals surface area contributed by atoms with E-state index in [1.165, 1.54) is 24.2 Å². The number of hydrogen-bond donors (Lipinski definition) is 1. The van der Waals surface area contributed by atoms with Crippen LogP contribution in [0.1, 0.15) is 31.7 Å². The molecule has 0 aromatic heterocycles. The van der Waals surface area contributed by atoms with E-state index in [9.17, 15) is 9.59 Å². The highest BCUT2D eigenvalue weighted by molar-refractivity contribution is 6.35. The van der Waals surface area contributed by atoms with Gasteiger partial charge in [-0.25, -0.2) is 4.79 Å². The summed E-state index contributed by atoms with van der Waals surface area (Å²) in [6, 6.07) is 4.57. The van der Waals surface area contributed by atoms with Gasteiger partial charge >= 0.3 is 6.03 Å². The quantitative estimate of drug-likeness (QED) is 0.828. The third-order valence-corrected chi connectivity index (χ3v) is 5.38. The van der Waals surface area contributed by atoms with Crippen molar-refractivity contribution in [2.24, 2.45) is 0 Å². The zero-order valence-electron chi connectivity index (χ0n) is 13.6. The molecule has 0 radical (unpaired) electrons. The zero-order valence-corrected chi connectivity index (χ0v) is 15.2. The summed E-state index contributed by atoms with van der Waals surface area (Å²) in [4.78, 5) is 28.8. The van der Waals surface area contributed by atoms with Gasteiger partial charge in [0, 0.05) is 28.7 Å². The smallest absolute Gasteiger partial charge is 0.319 e. The van der Waals surface area contributed by atoms with Gasteiger partial charge in [0.15, 0.2) is 0 Å². The maximum absolute atomic E-state index is 12.9. The maximum Gasteiger partial charge on any atom is 0.325 e. The van der Waals surface area contributed by atoms with Crippen LogP contribution in [-0.2, 0) is 10.3 Å². The standard InChI is InChI=1S/C17H21Cl2N3O2/c1-17(13-6-5-12(18)11-14(13)19)15(23)22(16(24)20-17)10-9-21-7-3-2-4-8-21/h5-6,11H,2-4,7-10H2,1H3,(H,20,24). The molecule has 0 aliphatic carbocycles. The second kappa shape index (κ2) is 6.90. The van der Waals surface area contributed by atoms with E-state index >= 15 is 0 Å². The molecule has 24 heavy (non-hydrogen) atoms. The highest BCUT2D eigenvalue weighted by Gasteiger charge is 2.49. The Bertz CT molecular complexity index is 661. The Hall–Kier alpha value is -1.30. The molecule has 0 spiro atoms. The molecule has 1 aromatic rings. The van der Waals surface area contributed by atoms with Crippen LogP contribution >= 0.6 is 23.2 Å². The molecule has 1 N–H and O–H groups in total. The first-order valence-corrected chi connectivity index (χ1v) is 8.99. The van der Waals surface area contributed by atoms with Crippen LogP contribution in [0.2, 0.25) is 10.0 Å². The zero-order chi connectivity index (χ0) is 17.3. The van der Waals surface area contributed by atoms with Crippen LogP contribution in [-0.4, -0.2) is 47.9 Å². The number of carbonyl (C=O) groups is 2. The third kappa shape index (κ3) is 3.25. The van der Waals surface area contributed by atoms with Gasteiger partial charge in [-0.15, -0.1) is 0 Å². The van der Waals surface area contributed by atoms with Gasteiger partial charge < -0.3 is 10.2 Å². The number of benzene rings is 1. The van der Waals surface area contributed by atoms with Gasteiger partial charge in [-0.2, -0.15) is 0 Å². The topological polar surface area (TPSA) is 52.7 Å². The fourth-order valence-corrected chi connectivity index (χ4v) is 4.00. The summed E-state index contributed by atoms with van der Waals surface area (Å²) in [6.07, 6.45) is 3.61. The summed E-state index contributed by atoms with van der Waals surface area (Å²) in [5.41, 5.74) is -0.590. The first-order chi connectivity index (χ1) is 11.4. The van der Waals surface area contributed by atoms with Gasteiger partial charge in [-0.05, 0) is 45.0 Å². The molecule has 1 atom stereocenters. The minimum absolute atomic E-state index is 0.270. The van der Waals surface area contributed by atoms with Crippen molar-refractivity contribution in [3.8, 4) is 0 Å². The molecule has 1 aromatic carbocycles. The third-order valence-electron chi connectivity index (χ3n) is 4.83. The van der Waals surface area contributed by atoms with Crippen LogP contribution in [0.5, 0.6) is 0 Å². The molecule has 7 heteroatoms. The van der Waals surface area contributed by atoms with Gasteiger partial charge in [0.05, 0.1) is 0 Å². The van der Waals surface area contributed by atoms with E-state index in [4.69, 9.17) is 23.2 Å². The van der Waals surface area contributed by atoms with Crippen LogP contribution in [0.15, 0.2) is 18.2 Å². The number of likely N-dealkylation sites (tertiary alicyclic amines) is 1. The van der Waals surface area contributed by atoms with Gasteiger partial charge in [0.2, 0.25) is 0 Å². The van der Waals surface area contributed by atoms with E-state index in [2.05, 4.69) is 10.2 Å². The molecule has 5 nitrogen and oxygen atoms in total. The van der Waals surface area contributed by atoms with Gasteiger partial charge in [-0.3, -0.25) is 9.69 Å². The predicted molar refractivity (Wildman–Crippen MR) is 94.3 cm³/mol. The van der Waals surface area contributed by atoms with Crippen molar-refractivity contribution in [3.05, 3.63) is 33.8 Å². The Labute approximate surface area is 151 Å². The normalized spacial score (nSPS) is 25.2. The Kier molecular flexibility index (Phi) is 5.04. The second-order valence-electron chi connectivity index (χ2n) is 6.54. The van der Waals surface area contributed by atoms with Crippen LogP contribution in [0.4, 0.5) is 4.79 Å². The summed E-state index contributed by atoms with van der Waals surface area (Å²) in [6.45, 7) is 4.85. The fourth-order valence-electron chi connectivity index (χ4n) is 3.40. The molecule has 3 rings (SSSR count). The monoisotopic (exact) mass is 369 g/mol. The molecular weight excluding hydrogens is 349 g/mol. The van der Waals surface area contributed by atoms with Crippen molar-refractivity contribution < 1.29 is 9.59 Å². The van der Waals surface area contributed by atoms with E-state index in [0.717, 1.165) is 13.1 Å². The predicted octanol–water partition coefficient (Wildman–Crippen LogP) is 3.25. The lowest BCUT2D eigenvalue weighted by Gasteiger charge is -2.28. The summed E-state index contributed by atoms with van der Waals surface area (Å²) in [7, 11) is 0. The lowest BCUT2D eigenvalue weighted by atomic mass is 9.92. The number of nitrogens with zero attached hydrogens (tertiary/aromatic N) is 2. The van der Waals surface area contributed by atoms with Crippen LogP contribution in [0.3, 0.4) is 0 Å². The molecule has 0 bridgehead atoms. The molecular formula is C17H21Cl2N3O2. The number of hydrogen-bond acceptors (Lipinski definition) is 3.